The highest BCUT2D eigenvalue weighted by Gasteiger charge is 2.09. The Balaban J connectivity index is 3.66. The Hall–Kier alpha value is -0.710. The van der Waals surface area contributed by atoms with Crippen molar-refractivity contribution in [1.29, 1.82) is 0 Å². The number of rotatable bonds is 5. The molecule has 5 heteroatoms. The Morgan fingerprint density at radius 1 is 1.91 bits per heavy atom. The first-order chi connectivity index (χ1) is 5.20. The van der Waals surface area contributed by atoms with E-state index in [1.54, 1.807) is 0 Å². The minimum Gasteiger partial charge on any atom is -0.481 e. The number of hydrogen-bond donors (Lipinski definition) is 2. The summed E-state index contributed by atoms with van der Waals surface area (Å²) >= 11 is 1.35. The van der Waals surface area contributed by atoms with Gasteiger partial charge >= 0.3 is 5.97 Å². The zero-order valence-corrected chi connectivity index (χ0v) is 7.17. The highest BCUT2D eigenvalue weighted by molar-refractivity contribution is 8.12. The van der Waals surface area contributed by atoms with Crippen LogP contribution in [0.25, 0.3) is 0 Å². The van der Waals surface area contributed by atoms with Crippen LogP contribution in [0.1, 0.15) is 19.8 Å². The molecule has 0 aromatic heterocycles. The lowest BCUT2D eigenvalue weighted by molar-refractivity contribution is -0.136. The Morgan fingerprint density at radius 2 is 2.55 bits per heavy atom. The van der Waals surface area contributed by atoms with Crippen molar-refractivity contribution in [1.82, 2.24) is 0 Å². The summed E-state index contributed by atoms with van der Waals surface area (Å²) in [5, 5.41) is 11.8. The van der Waals surface area contributed by atoms with Crippen LogP contribution in [0.3, 0.4) is 0 Å². The number of carboxylic acid groups (broad SMARTS) is 1. The van der Waals surface area contributed by atoms with E-state index in [4.69, 9.17) is 10.9 Å². The van der Waals surface area contributed by atoms with E-state index >= 15 is 0 Å². The molecule has 0 saturated heterocycles. The first-order valence-electron chi connectivity index (χ1n) is 3.29. The number of nitrogens with zero attached hydrogens (tertiary/aromatic N) is 1. The van der Waals surface area contributed by atoms with Gasteiger partial charge in [0.15, 0.2) is 0 Å². The second-order valence-electron chi connectivity index (χ2n) is 2.02. The van der Waals surface area contributed by atoms with Crippen molar-refractivity contribution in [3.8, 4) is 0 Å². The van der Waals surface area contributed by atoms with Crippen LogP contribution in [0.2, 0.25) is 0 Å². The van der Waals surface area contributed by atoms with Crippen LogP contribution in [0.15, 0.2) is 5.10 Å². The van der Waals surface area contributed by atoms with Crippen LogP contribution in [0, 0.1) is 0 Å². The van der Waals surface area contributed by atoms with Crippen molar-refractivity contribution in [2.75, 3.05) is 0 Å². The monoisotopic (exact) mass is 176 g/mol. The first-order valence-corrected chi connectivity index (χ1v) is 4.24. The molecule has 0 aromatic carbocycles. The molecule has 1 atom stereocenters. The first kappa shape index (κ1) is 10.3. The molecular weight excluding hydrogens is 164 g/mol. The van der Waals surface area contributed by atoms with Crippen LogP contribution in [-0.2, 0) is 4.79 Å². The van der Waals surface area contributed by atoms with Gasteiger partial charge < -0.3 is 10.9 Å². The van der Waals surface area contributed by atoms with E-state index in [2.05, 4.69) is 5.10 Å². The van der Waals surface area contributed by atoms with Gasteiger partial charge in [-0.25, -0.2) is 0 Å². The van der Waals surface area contributed by atoms with E-state index in [0.29, 0.717) is 0 Å². The number of thioether (sulfide) groups is 1. The third kappa shape index (κ3) is 5.72. The normalized spacial score (nSPS) is 13.5. The van der Waals surface area contributed by atoms with Gasteiger partial charge in [0.1, 0.15) is 0 Å². The van der Waals surface area contributed by atoms with Crippen molar-refractivity contribution in [3.05, 3.63) is 0 Å². The second kappa shape index (κ2) is 6.03. The number of carboxylic acids is 1. The lowest BCUT2D eigenvalue weighted by atomic mass is 10.2. The summed E-state index contributed by atoms with van der Waals surface area (Å²) < 4.78 is 0. The molecule has 0 rings (SSSR count). The van der Waals surface area contributed by atoms with Crippen LogP contribution >= 0.6 is 11.8 Å². The standard InChI is InChI=1S/C6H12N2O2S/c1-2-5(3-6(9)10)11-4-8-7/h4-5H,2-3,7H2,1H3,(H,9,10). The number of nitrogens with two attached hydrogens (primary N) is 1. The largest absolute Gasteiger partial charge is 0.481 e. The summed E-state index contributed by atoms with van der Waals surface area (Å²) in [5.41, 5.74) is 1.47. The average Bonchev–Trinajstić information content (AvgIpc) is 1.97. The fourth-order valence-electron chi connectivity index (χ4n) is 0.605. The van der Waals surface area contributed by atoms with Crippen LogP contribution in [0.4, 0.5) is 0 Å². The predicted octanol–water partition coefficient (Wildman–Crippen LogP) is 0.875. The van der Waals surface area contributed by atoms with E-state index < -0.39 is 5.97 Å². The molecule has 0 aliphatic carbocycles. The molecule has 0 radical (unpaired) electrons. The molecule has 0 aromatic rings. The summed E-state index contributed by atoms with van der Waals surface area (Å²) in [5.74, 6) is 4.08. The van der Waals surface area contributed by atoms with Crippen molar-refractivity contribution in [3.63, 3.8) is 0 Å². The predicted molar refractivity (Wildman–Crippen MR) is 46.6 cm³/mol. The molecule has 0 fully saturated rings. The number of carbonyl (C=O) groups is 1. The van der Waals surface area contributed by atoms with Gasteiger partial charge in [0.2, 0.25) is 0 Å². The topological polar surface area (TPSA) is 75.7 Å². The Morgan fingerprint density at radius 3 is 2.91 bits per heavy atom. The van der Waals surface area contributed by atoms with Crippen molar-refractivity contribution in [2.45, 2.75) is 25.0 Å². The van der Waals surface area contributed by atoms with Gasteiger partial charge in [-0.3, -0.25) is 4.79 Å². The van der Waals surface area contributed by atoms with Gasteiger partial charge in [-0.05, 0) is 6.42 Å². The van der Waals surface area contributed by atoms with Crippen molar-refractivity contribution < 1.29 is 9.90 Å². The Labute approximate surface area is 69.8 Å². The summed E-state index contributed by atoms with van der Waals surface area (Å²) in [6, 6.07) is 0. The zero-order chi connectivity index (χ0) is 8.69. The summed E-state index contributed by atoms with van der Waals surface area (Å²) in [6.07, 6.45) is 0.968. The molecule has 11 heavy (non-hydrogen) atoms. The molecule has 0 spiro atoms. The maximum absolute atomic E-state index is 10.2. The lowest BCUT2D eigenvalue weighted by Gasteiger charge is -2.06. The number of hydrazone groups is 1. The van der Waals surface area contributed by atoms with E-state index in [9.17, 15) is 4.79 Å². The van der Waals surface area contributed by atoms with Crippen LogP contribution in [0.5, 0.6) is 0 Å². The van der Waals surface area contributed by atoms with Gasteiger partial charge in [-0.15, -0.1) is 11.8 Å². The summed E-state index contributed by atoms with van der Waals surface area (Å²) in [4.78, 5) is 10.2. The van der Waals surface area contributed by atoms with Crippen molar-refractivity contribution >= 4 is 23.3 Å². The quantitative estimate of drug-likeness (QED) is 0.282. The molecule has 0 heterocycles. The molecule has 0 saturated carbocycles. The van der Waals surface area contributed by atoms with Gasteiger partial charge in [-0.1, -0.05) is 6.92 Å². The van der Waals surface area contributed by atoms with Crippen molar-refractivity contribution in [2.24, 2.45) is 10.9 Å². The lowest BCUT2D eigenvalue weighted by Crippen LogP contribution is -2.08. The fraction of sp³-hybridized carbons (Fsp3) is 0.667. The molecule has 0 aliphatic rings. The SMILES string of the molecule is CCC(CC(=O)O)SC=NN. The Kier molecular flexibility index (Phi) is 5.64. The third-order valence-electron chi connectivity index (χ3n) is 1.17. The summed E-state index contributed by atoms with van der Waals surface area (Å²) in [7, 11) is 0. The molecule has 64 valence electrons. The molecule has 4 nitrogen and oxygen atoms in total. The van der Waals surface area contributed by atoms with Crippen LogP contribution < -0.4 is 5.84 Å². The van der Waals surface area contributed by atoms with E-state index in [-0.39, 0.29) is 11.7 Å². The number of aliphatic carboxylic acids is 1. The minimum atomic E-state index is -0.783. The fourth-order valence-corrected chi connectivity index (χ4v) is 1.28. The molecule has 3 N–H and O–H groups in total. The highest BCUT2D eigenvalue weighted by Crippen LogP contribution is 2.14. The van der Waals surface area contributed by atoms with Gasteiger partial charge in [-0.2, -0.15) is 5.10 Å². The molecule has 0 amide bonds. The third-order valence-corrected chi connectivity index (χ3v) is 2.30. The maximum Gasteiger partial charge on any atom is 0.304 e. The average molecular weight is 176 g/mol. The molecule has 0 aliphatic heterocycles. The molecule has 0 bridgehead atoms. The van der Waals surface area contributed by atoms with Gasteiger partial charge in [0.05, 0.1) is 12.0 Å². The smallest absolute Gasteiger partial charge is 0.304 e. The minimum absolute atomic E-state index is 0.0831. The highest BCUT2D eigenvalue weighted by atomic mass is 32.2. The van der Waals surface area contributed by atoms with Gasteiger partial charge in [0.25, 0.3) is 0 Å². The molecular formula is C6H12N2O2S. The Bertz CT molecular complexity index is 150. The maximum atomic E-state index is 10.2. The van der Waals surface area contributed by atoms with Crippen LogP contribution in [-0.4, -0.2) is 21.9 Å². The number of hydrogen-bond acceptors (Lipinski definition) is 4. The zero-order valence-electron chi connectivity index (χ0n) is 6.36. The van der Waals surface area contributed by atoms with E-state index in [1.165, 1.54) is 17.3 Å². The second-order valence-corrected chi connectivity index (χ2v) is 3.17. The van der Waals surface area contributed by atoms with E-state index in [1.807, 2.05) is 6.92 Å². The van der Waals surface area contributed by atoms with E-state index in [0.717, 1.165) is 6.42 Å². The summed E-state index contributed by atoms with van der Waals surface area (Å²) in [6.45, 7) is 1.94. The van der Waals surface area contributed by atoms with Gasteiger partial charge in [0, 0.05) is 5.25 Å². The molecule has 1 unspecified atom stereocenters.